The van der Waals surface area contributed by atoms with Crippen LogP contribution in [-0.2, 0) is 27.4 Å². The van der Waals surface area contributed by atoms with Crippen molar-refractivity contribution in [2.24, 2.45) is 5.73 Å². The van der Waals surface area contributed by atoms with Gasteiger partial charge in [0.15, 0.2) is 0 Å². The standard InChI is InChI=1S/C27H30N2O4/c1-21(30)29(19-22-10-4-2-5-11-22)25-15-8-12-23(18-25)20-33-26(16-9-17-32-27(28)31)24-13-6-3-7-14-24/h2-8,10-15,18,26H,9,16-17,19-20H2,1H3,(H2,28,31). The van der Waals surface area contributed by atoms with Crippen molar-refractivity contribution in [3.63, 3.8) is 0 Å². The van der Waals surface area contributed by atoms with E-state index in [9.17, 15) is 9.59 Å². The van der Waals surface area contributed by atoms with E-state index in [1.165, 1.54) is 0 Å². The molecule has 3 aromatic rings. The molecule has 33 heavy (non-hydrogen) atoms. The number of carbonyl (C=O) groups is 2. The molecular weight excluding hydrogens is 416 g/mol. The zero-order chi connectivity index (χ0) is 23.5. The molecule has 6 nitrogen and oxygen atoms in total. The monoisotopic (exact) mass is 446 g/mol. The largest absolute Gasteiger partial charge is 0.450 e. The van der Waals surface area contributed by atoms with Gasteiger partial charge >= 0.3 is 6.09 Å². The lowest BCUT2D eigenvalue weighted by atomic mass is 10.0. The predicted molar refractivity (Wildman–Crippen MR) is 128 cm³/mol. The summed E-state index contributed by atoms with van der Waals surface area (Å²) in [5.74, 6) is -0.0199. The van der Waals surface area contributed by atoms with Crippen LogP contribution in [0.3, 0.4) is 0 Å². The number of benzene rings is 3. The van der Waals surface area contributed by atoms with Gasteiger partial charge in [-0.15, -0.1) is 0 Å². The number of nitrogens with zero attached hydrogens (tertiary/aromatic N) is 1. The third-order valence-corrected chi connectivity index (χ3v) is 5.26. The van der Waals surface area contributed by atoms with Crippen molar-refractivity contribution >= 4 is 17.7 Å². The van der Waals surface area contributed by atoms with Crippen LogP contribution in [-0.4, -0.2) is 18.6 Å². The number of nitrogens with two attached hydrogens (primary N) is 1. The number of rotatable bonds is 11. The quantitative estimate of drug-likeness (QED) is 0.401. The van der Waals surface area contributed by atoms with Crippen LogP contribution >= 0.6 is 0 Å². The summed E-state index contributed by atoms with van der Waals surface area (Å²) in [4.78, 5) is 24.9. The maximum atomic E-state index is 12.4. The highest BCUT2D eigenvalue weighted by Gasteiger charge is 2.15. The summed E-state index contributed by atoms with van der Waals surface area (Å²) in [5.41, 5.74) is 8.97. The van der Waals surface area contributed by atoms with Crippen molar-refractivity contribution in [1.82, 2.24) is 0 Å². The number of anilines is 1. The summed E-state index contributed by atoms with van der Waals surface area (Å²) >= 11 is 0. The minimum Gasteiger partial charge on any atom is -0.450 e. The summed E-state index contributed by atoms with van der Waals surface area (Å²) in [7, 11) is 0. The molecular formula is C27H30N2O4. The Morgan fingerprint density at radius 3 is 2.24 bits per heavy atom. The van der Waals surface area contributed by atoms with Gasteiger partial charge in [-0.05, 0) is 41.7 Å². The Morgan fingerprint density at radius 1 is 0.909 bits per heavy atom. The second kappa shape index (κ2) is 12.4. The van der Waals surface area contributed by atoms with E-state index in [0.717, 1.165) is 22.4 Å². The summed E-state index contributed by atoms with van der Waals surface area (Å²) in [6, 6.07) is 27.7. The van der Waals surface area contributed by atoms with Crippen LogP contribution in [0, 0.1) is 0 Å². The van der Waals surface area contributed by atoms with E-state index >= 15 is 0 Å². The van der Waals surface area contributed by atoms with Gasteiger partial charge < -0.3 is 20.1 Å². The Morgan fingerprint density at radius 2 is 1.58 bits per heavy atom. The van der Waals surface area contributed by atoms with Crippen LogP contribution in [0.25, 0.3) is 0 Å². The Balaban J connectivity index is 1.68. The number of ether oxygens (including phenoxy) is 2. The first kappa shape index (κ1) is 24.0. The highest BCUT2D eigenvalue weighted by atomic mass is 16.5. The summed E-state index contributed by atoms with van der Waals surface area (Å²) in [6.45, 7) is 2.73. The molecule has 0 saturated heterocycles. The van der Waals surface area contributed by atoms with E-state index in [1.807, 2.05) is 84.9 Å². The molecule has 0 aliphatic rings. The zero-order valence-electron chi connectivity index (χ0n) is 18.9. The highest BCUT2D eigenvalue weighted by molar-refractivity contribution is 5.91. The first-order valence-corrected chi connectivity index (χ1v) is 11.0. The Labute approximate surface area is 194 Å². The van der Waals surface area contributed by atoms with Crippen molar-refractivity contribution in [1.29, 1.82) is 0 Å². The Bertz CT molecular complexity index is 1020. The summed E-state index contributed by atoms with van der Waals surface area (Å²) in [6.07, 6.45) is 0.400. The van der Waals surface area contributed by atoms with Gasteiger partial charge in [0.25, 0.3) is 0 Å². The van der Waals surface area contributed by atoms with E-state index in [0.29, 0.717) is 26.0 Å². The zero-order valence-corrected chi connectivity index (χ0v) is 18.9. The van der Waals surface area contributed by atoms with Crippen molar-refractivity contribution < 1.29 is 19.1 Å². The maximum Gasteiger partial charge on any atom is 0.404 e. The number of amides is 2. The molecule has 0 bridgehead atoms. The molecule has 3 aromatic carbocycles. The van der Waals surface area contributed by atoms with Gasteiger partial charge in [-0.2, -0.15) is 0 Å². The average molecular weight is 447 g/mol. The van der Waals surface area contributed by atoms with Gasteiger partial charge in [0, 0.05) is 12.6 Å². The lowest BCUT2D eigenvalue weighted by Gasteiger charge is -2.23. The van der Waals surface area contributed by atoms with Crippen LogP contribution in [0.2, 0.25) is 0 Å². The Hall–Kier alpha value is -3.64. The maximum absolute atomic E-state index is 12.4. The van der Waals surface area contributed by atoms with Crippen LogP contribution < -0.4 is 10.6 Å². The van der Waals surface area contributed by atoms with Gasteiger partial charge in [0.05, 0.1) is 25.9 Å². The molecule has 0 saturated carbocycles. The lowest BCUT2D eigenvalue weighted by molar-refractivity contribution is -0.116. The molecule has 0 aromatic heterocycles. The molecule has 0 aliphatic heterocycles. The molecule has 0 heterocycles. The first-order chi connectivity index (χ1) is 16.0. The van der Waals surface area contributed by atoms with Crippen molar-refractivity contribution in [2.75, 3.05) is 11.5 Å². The fraction of sp³-hybridized carbons (Fsp3) is 0.259. The normalized spacial score (nSPS) is 11.5. The third kappa shape index (κ3) is 7.77. The van der Waals surface area contributed by atoms with E-state index in [1.54, 1.807) is 11.8 Å². The smallest absolute Gasteiger partial charge is 0.404 e. The van der Waals surface area contributed by atoms with Crippen molar-refractivity contribution in [3.8, 4) is 0 Å². The molecule has 1 unspecified atom stereocenters. The minimum atomic E-state index is -0.769. The average Bonchev–Trinajstić information content (AvgIpc) is 2.83. The van der Waals surface area contributed by atoms with Crippen LogP contribution in [0.15, 0.2) is 84.9 Å². The van der Waals surface area contributed by atoms with Crippen LogP contribution in [0.5, 0.6) is 0 Å². The van der Waals surface area contributed by atoms with Crippen LogP contribution in [0.1, 0.15) is 42.6 Å². The molecule has 1 atom stereocenters. The SMILES string of the molecule is CC(=O)N(Cc1ccccc1)c1cccc(COC(CCCOC(N)=O)c2ccccc2)c1. The molecule has 0 spiro atoms. The molecule has 2 amide bonds. The molecule has 2 N–H and O–H groups in total. The van der Waals surface area contributed by atoms with Gasteiger partial charge in [-0.25, -0.2) is 4.79 Å². The molecule has 6 heteroatoms. The summed E-state index contributed by atoms with van der Waals surface area (Å²) < 4.78 is 11.1. The van der Waals surface area contributed by atoms with E-state index < -0.39 is 6.09 Å². The highest BCUT2D eigenvalue weighted by Crippen LogP contribution is 2.26. The summed E-state index contributed by atoms with van der Waals surface area (Å²) in [5, 5.41) is 0. The molecule has 0 aliphatic carbocycles. The third-order valence-electron chi connectivity index (χ3n) is 5.26. The van der Waals surface area contributed by atoms with Gasteiger partial charge in [0.2, 0.25) is 5.91 Å². The van der Waals surface area contributed by atoms with E-state index in [2.05, 4.69) is 0 Å². The lowest BCUT2D eigenvalue weighted by Crippen LogP contribution is -2.27. The molecule has 0 fully saturated rings. The fourth-order valence-electron chi connectivity index (χ4n) is 3.62. The second-order valence-corrected chi connectivity index (χ2v) is 7.78. The second-order valence-electron chi connectivity index (χ2n) is 7.78. The van der Waals surface area contributed by atoms with E-state index in [-0.39, 0.29) is 18.6 Å². The molecule has 3 rings (SSSR count). The minimum absolute atomic E-state index is 0.0199. The molecule has 172 valence electrons. The van der Waals surface area contributed by atoms with Gasteiger partial charge in [0.1, 0.15) is 0 Å². The van der Waals surface area contributed by atoms with Crippen molar-refractivity contribution in [2.45, 2.75) is 39.0 Å². The fourth-order valence-corrected chi connectivity index (χ4v) is 3.62. The predicted octanol–water partition coefficient (Wildman–Crippen LogP) is 5.37. The number of primary amides is 1. The van der Waals surface area contributed by atoms with Gasteiger partial charge in [-0.1, -0.05) is 72.8 Å². The molecule has 0 radical (unpaired) electrons. The first-order valence-electron chi connectivity index (χ1n) is 11.0. The topological polar surface area (TPSA) is 81.9 Å². The number of hydrogen-bond donors (Lipinski definition) is 1. The Kier molecular flexibility index (Phi) is 9.03. The van der Waals surface area contributed by atoms with Gasteiger partial charge in [-0.3, -0.25) is 4.79 Å². The number of carbonyl (C=O) groups excluding carboxylic acids is 2. The van der Waals surface area contributed by atoms with Crippen molar-refractivity contribution in [3.05, 3.63) is 102 Å². The van der Waals surface area contributed by atoms with Crippen LogP contribution in [0.4, 0.5) is 10.5 Å². The number of hydrogen-bond acceptors (Lipinski definition) is 4. The van der Waals surface area contributed by atoms with E-state index in [4.69, 9.17) is 15.2 Å².